The largest absolute Gasteiger partial charge is 0.343 e. The minimum Gasteiger partial charge on any atom is -0.343 e. The Bertz CT molecular complexity index is 728. The van der Waals surface area contributed by atoms with Gasteiger partial charge in [-0.2, -0.15) is 8.42 Å². The second-order valence-corrected chi connectivity index (χ2v) is 7.84. The Morgan fingerprint density at radius 3 is 2.50 bits per heavy atom. The van der Waals surface area contributed by atoms with Crippen LogP contribution in [-0.4, -0.2) is 49.8 Å². The SMILES string of the molecule is CCCN1C(SCC(=O)N(CC)CC)=NS(=O)(=O)c2ccccc21. The van der Waals surface area contributed by atoms with Crippen molar-refractivity contribution in [3.05, 3.63) is 24.3 Å². The highest BCUT2D eigenvalue weighted by molar-refractivity contribution is 8.15. The summed E-state index contributed by atoms with van der Waals surface area (Å²) in [6, 6.07) is 6.85. The van der Waals surface area contributed by atoms with E-state index >= 15 is 0 Å². The van der Waals surface area contributed by atoms with Crippen LogP contribution in [0.2, 0.25) is 0 Å². The summed E-state index contributed by atoms with van der Waals surface area (Å²) in [7, 11) is -3.72. The number of carbonyl (C=O) groups is 1. The van der Waals surface area contributed by atoms with Gasteiger partial charge in [-0.05, 0) is 32.4 Å². The van der Waals surface area contributed by atoms with Crippen molar-refractivity contribution in [2.75, 3.05) is 30.3 Å². The number of nitrogens with zero attached hydrogens (tertiary/aromatic N) is 3. The van der Waals surface area contributed by atoms with E-state index in [1.54, 1.807) is 23.1 Å². The summed E-state index contributed by atoms with van der Waals surface area (Å²) in [6.07, 6.45) is 0.845. The fourth-order valence-corrected chi connectivity index (χ4v) is 4.92. The molecule has 0 radical (unpaired) electrons. The quantitative estimate of drug-likeness (QED) is 0.771. The molecule has 0 saturated carbocycles. The minimum absolute atomic E-state index is 0.0135. The molecule has 6 nitrogen and oxygen atoms in total. The predicted octanol–water partition coefficient (Wildman–Crippen LogP) is 2.56. The predicted molar refractivity (Wildman–Crippen MR) is 99.1 cm³/mol. The van der Waals surface area contributed by atoms with E-state index in [2.05, 4.69) is 4.40 Å². The molecule has 0 saturated heterocycles. The highest BCUT2D eigenvalue weighted by Gasteiger charge is 2.30. The molecular weight excluding hydrogens is 346 g/mol. The summed E-state index contributed by atoms with van der Waals surface area (Å²) in [5.41, 5.74) is 0.632. The third-order valence-electron chi connectivity index (χ3n) is 3.75. The first kappa shape index (κ1) is 18.8. The monoisotopic (exact) mass is 369 g/mol. The maximum Gasteiger partial charge on any atom is 0.286 e. The van der Waals surface area contributed by atoms with Crippen molar-refractivity contribution in [3.8, 4) is 0 Å². The van der Waals surface area contributed by atoms with Crippen molar-refractivity contribution in [2.24, 2.45) is 4.40 Å². The summed E-state index contributed by atoms with van der Waals surface area (Å²) in [5.74, 6) is 0.165. The standard InChI is InChI=1S/C16H23N3O3S2/c1-4-11-19-13-9-7-8-10-14(13)24(21,22)17-16(19)23-12-15(20)18(5-2)6-3/h7-10H,4-6,11-12H2,1-3H3. The average molecular weight is 370 g/mol. The molecule has 0 fully saturated rings. The smallest absolute Gasteiger partial charge is 0.286 e. The van der Waals surface area contributed by atoms with E-state index in [1.807, 2.05) is 31.7 Å². The number of para-hydroxylation sites is 1. The van der Waals surface area contributed by atoms with Crippen molar-refractivity contribution in [1.29, 1.82) is 0 Å². The molecule has 1 amide bonds. The van der Waals surface area contributed by atoms with E-state index in [9.17, 15) is 13.2 Å². The zero-order valence-electron chi connectivity index (χ0n) is 14.2. The van der Waals surface area contributed by atoms with Crippen LogP contribution < -0.4 is 4.90 Å². The van der Waals surface area contributed by atoms with Gasteiger partial charge in [-0.1, -0.05) is 30.8 Å². The Kier molecular flexibility index (Phi) is 6.28. The van der Waals surface area contributed by atoms with Gasteiger partial charge in [-0.25, -0.2) is 0 Å². The number of carbonyl (C=O) groups excluding carboxylic acids is 1. The van der Waals surface area contributed by atoms with Crippen molar-refractivity contribution in [1.82, 2.24) is 4.90 Å². The lowest BCUT2D eigenvalue weighted by Gasteiger charge is -2.30. The lowest BCUT2D eigenvalue weighted by molar-refractivity contribution is -0.127. The molecule has 1 aromatic rings. The van der Waals surface area contributed by atoms with Crippen molar-refractivity contribution in [2.45, 2.75) is 32.1 Å². The van der Waals surface area contributed by atoms with E-state index in [0.717, 1.165) is 6.42 Å². The molecule has 0 bridgehead atoms. The highest BCUT2D eigenvalue weighted by Crippen LogP contribution is 2.34. The maximum absolute atomic E-state index is 12.4. The van der Waals surface area contributed by atoms with Gasteiger partial charge in [0, 0.05) is 19.6 Å². The van der Waals surface area contributed by atoms with Crippen LogP contribution in [0.25, 0.3) is 0 Å². The fraction of sp³-hybridized carbons (Fsp3) is 0.500. The summed E-state index contributed by atoms with van der Waals surface area (Å²) in [5, 5.41) is 0.371. The Hall–Kier alpha value is -1.54. The molecule has 0 aromatic heterocycles. The van der Waals surface area contributed by atoms with Gasteiger partial charge >= 0.3 is 0 Å². The zero-order chi connectivity index (χ0) is 17.7. The number of benzene rings is 1. The van der Waals surface area contributed by atoms with E-state index in [1.165, 1.54) is 11.8 Å². The van der Waals surface area contributed by atoms with Gasteiger partial charge < -0.3 is 9.80 Å². The molecule has 24 heavy (non-hydrogen) atoms. The molecule has 0 unspecified atom stereocenters. The number of hydrogen-bond acceptors (Lipinski definition) is 5. The number of rotatable bonds is 6. The first-order chi connectivity index (χ1) is 11.4. The Labute approximate surface area is 148 Å². The summed E-state index contributed by atoms with van der Waals surface area (Å²) < 4.78 is 28.7. The third kappa shape index (κ3) is 3.92. The fourth-order valence-electron chi connectivity index (χ4n) is 2.54. The maximum atomic E-state index is 12.4. The topological polar surface area (TPSA) is 70.1 Å². The second kappa shape index (κ2) is 8.02. The molecule has 0 atom stereocenters. The van der Waals surface area contributed by atoms with Crippen molar-refractivity contribution < 1.29 is 13.2 Å². The first-order valence-corrected chi connectivity index (χ1v) is 10.5. The van der Waals surface area contributed by atoms with Crippen LogP contribution in [0.15, 0.2) is 33.6 Å². The minimum atomic E-state index is -3.72. The van der Waals surface area contributed by atoms with Crippen LogP contribution in [0.5, 0.6) is 0 Å². The van der Waals surface area contributed by atoms with Gasteiger partial charge in [0.15, 0.2) is 5.17 Å². The number of thioether (sulfide) groups is 1. The number of fused-ring (bicyclic) bond motifs is 1. The van der Waals surface area contributed by atoms with E-state index in [-0.39, 0.29) is 16.6 Å². The van der Waals surface area contributed by atoms with E-state index in [0.29, 0.717) is 30.5 Å². The molecule has 1 aliphatic heterocycles. The summed E-state index contributed by atoms with van der Waals surface area (Å²) >= 11 is 1.18. The number of amidine groups is 1. The molecule has 2 rings (SSSR count). The van der Waals surface area contributed by atoms with Gasteiger partial charge in [0.25, 0.3) is 10.0 Å². The van der Waals surface area contributed by atoms with Crippen molar-refractivity contribution in [3.63, 3.8) is 0 Å². The van der Waals surface area contributed by atoms with Crippen LogP contribution in [0, 0.1) is 0 Å². The van der Waals surface area contributed by atoms with Crippen LogP contribution in [-0.2, 0) is 14.8 Å². The molecule has 1 heterocycles. The Morgan fingerprint density at radius 2 is 1.88 bits per heavy atom. The Morgan fingerprint density at radius 1 is 1.21 bits per heavy atom. The van der Waals surface area contributed by atoms with Crippen LogP contribution in [0.4, 0.5) is 5.69 Å². The molecule has 0 N–H and O–H groups in total. The second-order valence-electron chi connectivity index (χ2n) is 5.32. The van der Waals surface area contributed by atoms with Gasteiger partial charge in [0.2, 0.25) is 5.91 Å². The van der Waals surface area contributed by atoms with E-state index in [4.69, 9.17) is 0 Å². The molecule has 0 spiro atoms. The summed E-state index contributed by atoms with van der Waals surface area (Å²) in [4.78, 5) is 16.0. The number of sulfonamides is 1. The molecular formula is C16H23N3O3S2. The average Bonchev–Trinajstić information content (AvgIpc) is 2.57. The van der Waals surface area contributed by atoms with Gasteiger partial charge in [-0.15, -0.1) is 4.40 Å². The number of amides is 1. The van der Waals surface area contributed by atoms with Gasteiger partial charge in [0.05, 0.1) is 11.4 Å². The third-order valence-corrected chi connectivity index (χ3v) is 6.14. The zero-order valence-corrected chi connectivity index (χ0v) is 15.9. The van der Waals surface area contributed by atoms with Crippen LogP contribution >= 0.6 is 11.8 Å². The van der Waals surface area contributed by atoms with Gasteiger partial charge in [-0.3, -0.25) is 4.79 Å². The number of hydrogen-bond donors (Lipinski definition) is 0. The molecule has 1 aromatic carbocycles. The number of anilines is 1. The van der Waals surface area contributed by atoms with Crippen LogP contribution in [0.1, 0.15) is 27.2 Å². The molecule has 1 aliphatic rings. The van der Waals surface area contributed by atoms with Crippen LogP contribution in [0.3, 0.4) is 0 Å². The van der Waals surface area contributed by atoms with Gasteiger partial charge in [0.1, 0.15) is 4.90 Å². The molecule has 132 valence electrons. The normalized spacial score (nSPS) is 15.6. The highest BCUT2D eigenvalue weighted by atomic mass is 32.2. The summed E-state index contributed by atoms with van der Waals surface area (Å²) in [6.45, 7) is 7.81. The first-order valence-electron chi connectivity index (χ1n) is 8.06. The lowest BCUT2D eigenvalue weighted by atomic mass is 10.3. The van der Waals surface area contributed by atoms with E-state index < -0.39 is 10.0 Å². The van der Waals surface area contributed by atoms with Crippen molar-refractivity contribution >= 4 is 38.5 Å². The lowest BCUT2D eigenvalue weighted by Crippen LogP contribution is -2.37. The Balaban J connectivity index is 2.28. The molecule has 0 aliphatic carbocycles. The molecule has 8 heteroatoms.